The van der Waals surface area contributed by atoms with E-state index in [1.54, 1.807) is 12.1 Å². The maximum Gasteiger partial charge on any atom is 1.00 e. The molecule has 0 unspecified atom stereocenters. The molecule has 1 aromatic carbocycles. The summed E-state index contributed by atoms with van der Waals surface area (Å²) in [6.07, 6.45) is 2.79. The number of amides is 2. The molecule has 0 atom stereocenters. The first-order chi connectivity index (χ1) is 16.2. The Kier molecular flexibility index (Phi) is 10.0. The van der Waals surface area contributed by atoms with Crippen LogP contribution in [0.4, 0.5) is 10.2 Å². The van der Waals surface area contributed by atoms with Crippen LogP contribution in [0.1, 0.15) is 40.7 Å². The summed E-state index contributed by atoms with van der Waals surface area (Å²) < 4.78 is 36.2. The number of anilines is 1. The van der Waals surface area contributed by atoms with Crippen LogP contribution in [0.25, 0.3) is 10.9 Å². The summed E-state index contributed by atoms with van der Waals surface area (Å²) in [6.45, 7) is 0.174. The van der Waals surface area contributed by atoms with Crippen LogP contribution in [0.2, 0.25) is 0 Å². The Labute approximate surface area is 231 Å². The molecule has 14 heteroatoms. The molecule has 0 aliphatic carbocycles. The summed E-state index contributed by atoms with van der Waals surface area (Å²) >= 11 is 0. The molecular weight excluding hydrogens is 504 g/mol. The van der Waals surface area contributed by atoms with Crippen molar-refractivity contribution >= 4 is 39.3 Å². The number of rotatable bonds is 5. The zero-order chi connectivity index (χ0) is 24.5. The molecule has 2 amide bonds. The van der Waals surface area contributed by atoms with Gasteiger partial charge < -0.3 is 22.6 Å². The molecule has 36 heavy (non-hydrogen) atoms. The number of fused-ring (bicyclic) bond motifs is 1. The Bertz CT molecular complexity index is 1290. The molecule has 1 aliphatic rings. The first-order valence-corrected chi connectivity index (χ1v) is 12.2. The third-order valence-electron chi connectivity index (χ3n) is 5.53. The van der Waals surface area contributed by atoms with Gasteiger partial charge in [-0.25, -0.2) is 9.37 Å². The van der Waals surface area contributed by atoms with E-state index < -0.39 is 34.2 Å². The SMILES string of the molecule is CNC(=O)c1cc(F)ccc1CNC(=O)c1nc(N2CCCCS2(O)O)c2cccnc2c1O.O.[H-].[Na+]. The van der Waals surface area contributed by atoms with Crippen molar-refractivity contribution in [2.24, 2.45) is 0 Å². The number of aromatic nitrogens is 2. The van der Waals surface area contributed by atoms with Crippen molar-refractivity contribution in [2.45, 2.75) is 19.4 Å². The number of carbonyl (C=O) groups is 2. The fourth-order valence-corrected chi connectivity index (χ4v) is 5.46. The third-order valence-corrected chi connectivity index (χ3v) is 7.43. The van der Waals surface area contributed by atoms with E-state index in [0.717, 1.165) is 6.07 Å². The second-order valence-corrected chi connectivity index (χ2v) is 9.85. The van der Waals surface area contributed by atoms with Crippen LogP contribution in [0.3, 0.4) is 0 Å². The molecular formula is C22H27FN5NaO6S. The second kappa shape index (κ2) is 12.1. The summed E-state index contributed by atoms with van der Waals surface area (Å²) in [4.78, 5) is 33.6. The van der Waals surface area contributed by atoms with Crippen LogP contribution in [0, 0.1) is 5.82 Å². The van der Waals surface area contributed by atoms with Gasteiger partial charge in [-0.2, -0.15) is 0 Å². The van der Waals surface area contributed by atoms with Crippen molar-refractivity contribution in [2.75, 3.05) is 23.7 Å². The molecule has 0 radical (unpaired) electrons. The Morgan fingerprint density at radius 2 is 1.97 bits per heavy atom. The number of halogens is 1. The predicted molar refractivity (Wildman–Crippen MR) is 131 cm³/mol. The summed E-state index contributed by atoms with van der Waals surface area (Å²) in [5.41, 5.74) is 0.151. The van der Waals surface area contributed by atoms with Crippen LogP contribution in [-0.4, -0.2) is 60.8 Å². The minimum absolute atomic E-state index is 0. The number of hydrogen-bond donors (Lipinski definition) is 5. The van der Waals surface area contributed by atoms with Gasteiger partial charge >= 0.3 is 29.6 Å². The summed E-state index contributed by atoms with van der Waals surface area (Å²) in [5, 5.41) is 16.1. The number of benzene rings is 1. The van der Waals surface area contributed by atoms with E-state index in [2.05, 4.69) is 20.6 Å². The van der Waals surface area contributed by atoms with Crippen LogP contribution < -0.4 is 44.5 Å². The van der Waals surface area contributed by atoms with E-state index >= 15 is 0 Å². The van der Waals surface area contributed by atoms with Gasteiger partial charge in [-0.15, -0.1) is 10.8 Å². The van der Waals surface area contributed by atoms with Gasteiger partial charge in [-0.05, 0) is 42.7 Å². The van der Waals surface area contributed by atoms with Gasteiger partial charge in [0, 0.05) is 37.3 Å². The molecule has 0 saturated carbocycles. The smallest absolute Gasteiger partial charge is 1.00 e. The van der Waals surface area contributed by atoms with Crippen molar-refractivity contribution in [3.63, 3.8) is 0 Å². The van der Waals surface area contributed by atoms with Gasteiger partial charge in [-0.1, -0.05) is 6.07 Å². The Balaban J connectivity index is 0.00000228. The van der Waals surface area contributed by atoms with E-state index in [9.17, 15) is 28.2 Å². The fourth-order valence-electron chi connectivity index (χ4n) is 3.81. The van der Waals surface area contributed by atoms with Gasteiger partial charge in [0.25, 0.3) is 11.8 Å². The number of nitrogens with one attached hydrogen (secondary N) is 2. The maximum absolute atomic E-state index is 13.6. The molecule has 1 fully saturated rings. The summed E-state index contributed by atoms with van der Waals surface area (Å²) in [6, 6.07) is 6.86. The standard InChI is InChI=1S/C22H24FN5O5S.Na.H2O.H/c1-24-21(30)16-11-14(23)7-6-13(16)12-26-22(31)18-19(29)17-15(5-4-8-25-17)20(27-18)28-9-2-3-10-34(28,32)33;;;/h4-8,11,29,32-33H,2-3,9-10,12H2,1H3,(H,24,30)(H,26,31);;1H2;/q;+1;;-1. The number of hydrogen-bond acceptors (Lipinski definition) is 8. The third kappa shape index (κ3) is 5.89. The Hall–Kier alpha value is -2.52. The molecule has 11 nitrogen and oxygen atoms in total. The van der Waals surface area contributed by atoms with Gasteiger partial charge in [0.05, 0.1) is 5.75 Å². The van der Waals surface area contributed by atoms with Crippen LogP contribution >= 0.6 is 10.8 Å². The van der Waals surface area contributed by atoms with Crippen LogP contribution in [0.15, 0.2) is 36.5 Å². The normalized spacial score (nSPS) is 15.3. The predicted octanol–water partition coefficient (Wildman–Crippen LogP) is -0.678. The van der Waals surface area contributed by atoms with Crippen molar-refractivity contribution in [3.05, 3.63) is 59.2 Å². The molecule has 0 bridgehead atoms. The summed E-state index contributed by atoms with van der Waals surface area (Å²) in [5.74, 6) is -2.04. The minimum Gasteiger partial charge on any atom is -1.00 e. The van der Waals surface area contributed by atoms with Gasteiger partial charge in [0.1, 0.15) is 11.3 Å². The zero-order valence-corrected chi connectivity index (χ0v) is 22.6. The average molecular weight is 532 g/mol. The van der Waals surface area contributed by atoms with Crippen molar-refractivity contribution in [1.29, 1.82) is 0 Å². The zero-order valence-electron chi connectivity index (χ0n) is 20.8. The molecule has 4 rings (SSSR count). The van der Waals surface area contributed by atoms with Crippen molar-refractivity contribution < 1.29 is 64.7 Å². The van der Waals surface area contributed by atoms with Gasteiger partial charge in [0.15, 0.2) is 17.3 Å². The van der Waals surface area contributed by atoms with Crippen molar-refractivity contribution in [3.8, 4) is 5.75 Å². The molecule has 7 N–H and O–H groups in total. The number of nitrogens with zero attached hydrogens (tertiary/aromatic N) is 3. The molecule has 3 aromatic rings. The first kappa shape index (κ1) is 29.7. The van der Waals surface area contributed by atoms with E-state index in [1.165, 1.54) is 29.7 Å². The molecule has 190 valence electrons. The van der Waals surface area contributed by atoms with Gasteiger partial charge in [-0.3, -0.25) is 28.0 Å². The first-order valence-electron chi connectivity index (χ1n) is 10.5. The molecule has 1 saturated heterocycles. The summed E-state index contributed by atoms with van der Waals surface area (Å²) in [7, 11) is -1.74. The second-order valence-electron chi connectivity index (χ2n) is 7.74. The Morgan fingerprint density at radius 1 is 1.22 bits per heavy atom. The maximum atomic E-state index is 13.6. The van der Waals surface area contributed by atoms with Gasteiger partial charge in [0.2, 0.25) is 0 Å². The number of pyridine rings is 2. The van der Waals surface area contributed by atoms with Crippen molar-refractivity contribution in [1.82, 2.24) is 20.6 Å². The van der Waals surface area contributed by atoms with E-state index in [1.807, 2.05) is 0 Å². The quantitative estimate of drug-likeness (QED) is 0.269. The monoisotopic (exact) mass is 531 g/mol. The molecule has 0 spiro atoms. The molecule has 1 aliphatic heterocycles. The number of aromatic hydroxyl groups is 1. The Morgan fingerprint density at radius 3 is 2.67 bits per heavy atom. The van der Waals surface area contributed by atoms with E-state index in [0.29, 0.717) is 30.3 Å². The average Bonchev–Trinajstić information content (AvgIpc) is 2.83. The largest absolute Gasteiger partial charge is 1.00 e. The molecule has 2 aromatic heterocycles. The molecule has 3 heterocycles. The van der Waals surface area contributed by atoms with Crippen LogP contribution in [-0.2, 0) is 6.54 Å². The topological polar surface area (TPSA) is 179 Å². The van der Waals surface area contributed by atoms with Crippen LogP contribution in [0.5, 0.6) is 5.75 Å². The number of carbonyl (C=O) groups excluding carboxylic acids is 2. The minimum atomic E-state index is -3.15. The van der Waals surface area contributed by atoms with E-state index in [-0.39, 0.29) is 71.3 Å². The van der Waals surface area contributed by atoms with E-state index in [4.69, 9.17) is 0 Å². The fraction of sp³-hybridized carbons (Fsp3) is 0.273.